The van der Waals surface area contributed by atoms with E-state index in [-0.39, 0.29) is 14.9 Å². The van der Waals surface area contributed by atoms with Crippen LogP contribution in [0.4, 0.5) is 0 Å². The van der Waals surface area contributed by atoms with Crippen LogP contribution in [0.5, 0.6) is 0 Å². The molecule has 0 saturated heterocycles. The van der Waals surface area contributed by atoms with Crippen molar-refractivity contribution in [2.45, 2.75) is 11.3 Å². The molecule has 0 aliphatic rings. The zero-order valence-electron chi connectivity index (χ0n) is 9.36. The van der Waals surface area contributed by atoms with E-state index in [1.165, 1.54) is 17.4 Å². The molecule has 0 unspecified atom stereocenters. The van der Waals surface area contributed by atoms with Crippen molar-refractivity contribution in [3.8, 4) is 0 Å². The lowest BCUT2D eigenvalue weighted by Crippen LogP contribution is -2.29. The van der Waals surface area contributed by atoms with Crippen LogP contribution in [0.25, 0.3) is 0 Å². The first-order chi connectivity index (χ1) is 7.91. The Morgan fingerprint density at radius 1 is 1.35 bits per heavy atom. The van der Waals surface area contributed by atoms with E-state index in [9.17, 15) is 8.42 Å². The van der Waals surface area contributed by atoms with Crippen molar-refractivity contribution in [2.75, 3.05) is 20.1 Å². The highest BCUT2D eigenvalue weighted by molar-refractivity contribution is 7.89. The van der Waals surface area contributed by atoms with E-state index < -0.39 is 10.0 Å². The lowest BCUT2D eigenvalue weighted by molar-refractivity contribution is 0.464. The number of halogens is 2. The molecule has 17 heavy (non-hydrogen) atoms. The highest BCUT2D eigenvalue weighted by atomic mass is 35.5. The first kappa shape index (κ1) is 14.7. The van der Waals surface area contributed by atoms with Gasteiger partial charge in [-0.25, -0.2) is 12.7 Å². The van der Waals surface area contributed by atoms with Crippen LogP contribution in [0.1, 0.15) is 6.42 Å². The highest BCUT2D eigenvalue weighted by Crippen LogP contribution is 2.30. The van der Waals surface area contributed by atoms with Gasteiger partial charge in [-0.2, -0.15) is 0 Å². The number of benzene rings is 1. The van der Waals surface area contributed by atoms with Crippen molar-refractivity contribution in [1.82, 2.24) is 4.31 Å². The zero-order valence-corrected chi connectivity index (χ0v) is 11.7. The minimum Gasteiger partial charge on any atom is -0.330 e. The smallest absolute Gasteiger partial charge is 0.244 e. The van der Waals surface area contributed by atoms with Crippen LogP contribution in [-0.2, 0) is 10.0 Å². The monoisotopic (exact) mass is 296 g/mol. The summed E-state index contributed by atoms with van der Waals surface area (Å²) in [6.45, 7) is 0.783. The number of nitrogens with zero attached hydrogens (tertiary/aromatic N) is 1. The first-order valence-electron chi connectivity index (χ1n) is 5.01. The van der Waals surface area contributed by atoms with Crippen LogP contribution >= 0.6 is 23.2 Å². The lowest BCUT2D eigenvalue weighted by Gasteiger charge is -2.17. The third-order valence-corrected chi connectivity index (χ3v) is 5.11. The Labute approximate surface area is 111 Å². The average Bonchev–Trinajstić information content (AvgIpc) is 2.29. The van der Waals surface area contributed by atoms with Gasteiger partial charge in [-0.3, -0.25) is 0 Å². The molecule has 0 amide bonds. The molecule has 0 aliphatic heterocycles. The average molecular weight is 297 g/mol. The molecule has 1 rings (SSSR count). The summed E-state index contributed by atoms with van der Waals surface area (Å²) in [5.41, 5.74) is 5.34. The molecule has 0 aromatic heterocycles. The quantitative estimate of drug-likeness (QED) is 0.903. The van der Waals surface area contributed by atoms with Gasteiger partial charge in [-0.1, -0.05) is 29.3 Å². The van der Waals surface area contributed by atoms with E-state index in [1.54, 1.807) is 12.1 Å². The SMILES string of the molecule is CN(CCCN)S(=O)(=O)c1cccc(Cl)c1Cl. The summed E-state index contributed by atoms with van der Waals surface area (Å²) in [6, 6.07) is 4.53. The normalized spacial score (nSPS) is 12.1. The Morgan fingerprint density at radius 2 is 2.00 bits per heavy atom. The maximum absolute atomic E-state index is 12.2. The van der Waals surface area contributed by atoms with Crippen LogP contribution in [0.3, 0.4) is 0 Å². The van der Waals surface area contributed by atoms with E-state index in [4.69, 9.17) is 28.9 Å². The number of rotatable bonds is 5. The van der Waals surface area contributed by atoms with Gasteiger partial charge in [-0.15, -0.1) is 0 Å². The van der Waals surface area contributed by atoms with E-state index in [0.717, 1.165) is 0 Å². The Kier molecular flexibility index (Phi) is 5.22. The van der Waals surface area contributed by atoms with Gasteiger partial charge in [0.05, 0.1) is 10.0 Å². The van der Waals surface area contributed by atoms with Crippen molar-refractivity contribution >= 4 is 33.2 Å². The van der Waals surface area contributed by atoms with Crippen LogP contribution in [0, 0.1) is 0 Å². The van der Waals surface area contributed by atoms with Gasteiger partial charge in [0.15, 0.2) is 0 Å². The molecule has 0 saturated carbocycles. The van der Waals surface area contributed by atoms with Crippen LogP contribution in [0.2, 0.25) is 10.0 Å². The predicted octanol–water partition coefficient (Wildman–Crippen LogP) is 1.96. The van der Waals surface area contributed by atoms with Gasteiger partial charge in [0.25, 0.3) is 0 Å². The predicted molar refractivity (Wildman–Crippen MR) is 69.9 cm³/mol. The van der Waals surface area contributed by atoms with E-state index >= 15 is 0 Å². The molecule has 1 aromatic rings. The second kappa shape index (κ2) is 6.02. The minimum atomic E-state index is -3.60. The lowest BCUT2D eigenvalue weighted by atomic mass is 10.4. The van der Waals surface area contributed by atoms with Crippen molar-refractivity contribution < 1.29 is 8.42 Å². The molecule has 0 heterocycles. The van der Waals surface area contributed by atoms with Crippen molar-refractivity contribution in [2.24, 2.45) is 5.73 Å². The molecule has 0 aliphatic carbocycles. The third-order valence-electron chi connectivity index (χ3n) is 2.28. The summed E-state index contributed by atoms with van der Waals surface area (Å²) in [4.78, 5) is 0.0196. The standard InChI is InChI=1S/C10H14Cl2N2O2S/c1-14(7-3-6-13)17(15,16)9-5-2-4-8(11)10(9)12/h2,4-5H,3,6-7,13H2,1H3. The summed E-state index contributed by atoms with van der Waals surface area (Å²) < 4.78 is 25.5. The summed E-state index contributed by atoms with van der Waals surface area (Å²) in [5.74, 6) is 0. The molecule has 4 nitrogen and oxygen atoms in total. The molecule has 0 bridgehead atoms. The summed E-state index contributed by atoms with van der Waals surface area (Å²) in [7, 11) is -2.11. The van der Waals surface area contributed by atoms with Crippen molar-refractivity contribution in [3.63, 3.8) is 0 Å². The molecule has 0 atom stereocenters. The Morgan fingerprint density at radius 3 is 2.59 bits per heavy atom. The summed E-state index contributed by atoms with van der Waals surface area (Å²) in [6.07, 6.45) is 0.591. The summed E-state index contributed by atoms with van der Waals surface area (Å²) >= 11 is 11.7. The second-order valence-electron chi connectivity index (χ2n) is 3.52. The van der Waals surface area contributed by atoms with Crippen LogP contribution in [-0.4, -0.2) is 32.9 Å². The molecule has 96 valence electrons. The molecule has 0 fully saturated rings. The van der Waals surface area contributed by atoms with Crippen LogP contribution in [0.15, 0.2) is 23.1 Å². The number of hydrogen-bond donors (Lipinski definition) is 1. The maximum atomic E-state index is 12.2. The summed E-state index contributed by atoms with van der Waals surface area (Å²) in [5, 5.41) is 0.272. The molecule has 7 heteroatoms. The Hall–Kier alpha value is -0.330. The topological polar surface area (TPSA) is 63.4 Å². The number of nitrogens with two attached hydrogens (primary N) is 1. The van der Waals surface area contributed by atoms with Crippen molar-refractivity contribution in [1.29, 1.82) is 0 Å². The second-order valence-corrected chi connectivity index (χ2v) is 6.32. The van der Waals surface area contributed by atoms with Gasteiger partial charge in [0.1, 0.15) is 4.90 Å². The number of hydrogen-bond acceptors (Lipinski definition) is 3. The molecule has 1 aromatic carbocycles. The first-order valence-corrected chi connectivity index (χ1v) is 7.21. The van der Waals surface area contributed by atoms with E-state index in [2.05, 4.69) is 0 Å². The van der Waals surface area contributed by atoms with Crippen molar-refractivity contribution in [3.05, 3.63) is 28.2 Å². The van der Waals surface area contributed by atoms with E-state index in [0.29, 0.717) is 19.5 Å². The number of sulfonamides is 1. The maximum Gasteiger partial charge on any atom is 0.244 e. The molecule has 0 spiro atoms. The Bertz CT molecular complexity index is 491. The zero-order chi connectivity index (χ0) is 13.1. The highest BCUT2D eigenvalue weighted by Gasteiger charge is 2.23. The fourth-order valence-corrected chi connectivity index (χ4v) is 3.23. The van der Waals surface area contributed by atoms with E-state index in [1.807, 2.05) is 0 Å². The van der Waals surface area contributed by atoms with Gasteiger partial charge < -0.3 is 5.73 Å². The molecular formula is C10H14Cl2N2O2S. The van der Waals surface area contributed by atoms with Crippen LogP contribution < -0.4 is 5.73 Å². The minimum absolute atomic E-state index is 0.0196. The fraction of sp³-hybridized carbons (Fsp3) is 0.400. The van der Waals surface area contributed by atoms with Gasteiger partial charge in [-0.05, 0) is 25.1 Å². The van der Waals surface area contributed by atoms with Gasteiger partial charge in [0, 0.05) is 13.6 Å². The van der Waals surface area contributed by atoms with Gasteiger partial charge >= 0.3 is 0 Å². The largest absolute Gasteiger partial charge is 0.330 e. The molecule has 0 radical (unpaired) electrons. The fourth-order valence-electron chi connectivity index (χ4n) is 1.29. The Balaban J connectivity index is 3.09. The molecule has 2 N–H and O–H groups in total. The third kappa shape index (κ3) is 3.33. The van der Waals surface area contributed by atoms with Gasteiger partial charge in [0.2, 0.25) is 10.0 Å². The molecular weight excluding hydrogens is 283 g/mol.